The summed E-state index contributed by atoms with van der Waals surface area (Å²) >= 11 is 3.47. The Labute approximate surface area is 133 Å². The van der Waals surface area contributed by atoms with E-state index in [9.17, 15) is 4.79 Å². The number of benzene rings is 2. The van der Waals surface area contributed by atoms with Gasteiger partial charge in [-0.25, -0.2) is 0 Å². The van der Waals surface area contributed by atoms with Crippen molar-refractivity contribution in [1.29, 1.82) is 0 Å². The Balaban J connectivity index is 2.00. The van der Waals surface area contributed by atoms with E-state index in [0.29, 0.717) is 5.16 Å². The molecular weight excluding hydrogens is 301 g/mol. The van der Waals surface area contributed by atoms with Gasteiger partial charge in [-0.2, -0.15) is 4.68 Å². The van der Waals surface area contributed by atoms with E-state index in [-0.39, 0.29) is 11.7 Å². The van der Waals surface area contributed by atoms with Crippen LogP contribution < -0.4 is 4.30 Å². The van der Waals surface area contributed by atoms with Gasteiger partial charge in [0.05, 0.1) is 11.4 Å². The van der Waals surface area contributed by atoms with E-state index in [0.717, 1.165) is 16.5 Å². The molecule has 1 amide bonds. The molecule has 0 atom stereocenters. The summed E-state index contributed by atoms with van der Waals surface area (Å²) in [5, 5.41) is 14.5. The molecule has 0 saturated carbocycles. The Kier molecular flexibility index (Phi) is 4.20. The summed E-state index contributed by atoms with van der Waals surface area (Å²) in [6, 6.07) is 14.0. The Morgan fingerprint density at radius 3 is 2.90 bits per heavy atom. The molecule has 0 bridgehead atoms. The summed E-state index contributed by atoms with van der Waals surface area (Å²) < 4.78 is 4.15. The van der Waals surface area contributed by atoms with E-state index in [1.165, 1.54) is 11.8 Å². The monoisotopic (exact) mass is 311 g/mol. The number of thioether (sulfide) groups is 1. The van der Waals surface area contributed by atoms with Gasteiger partial charge in [0.1, 0.15) is 0 Å². The van der Waals surface area contributed by atoms with Crippen molar-refractivity contribution in [2.45, 2.75) is 5.16 Å². The molecule has 0 unspecified atom stereocenters. The van der Waals surface area contributed by atoms with Gasteiger partial charge < -0.3 is 4.30 Å². The van der Waals surface area contributed by atoms with Crippen molar-refractivity contribution < 1.29 is 4.79 Å². The largest absolute Gasteiger partial charge is 0.463 e. The van der Waals surface area contributed by atoms with Crippen molar-refractivity contribution in [3.8, 4) is 5.69 Å². The molecule has 6 nitrogen and oxygen atoms in total. The maximum atomic E-state index is 11.3. The number of carbonyl (C=O) groups is 1. The van der Waals surface area contributed by atoms with Crippen LogP contribution in [0.4, 0.5) is 0 Å². The van der Waals surface area contributed by atoms with Gasteiger partial charge in [0, 0.05) is 5.39 Å². The molecule has 1 aromatic heterocycles. The first kappa shape index (κ1) is 14.1. The molecule has 102 valence electrons. The van der Waals surface area contributed by atoms with E-state index in [1.54, 1.807) is 4.68 Å². The van der Waals surface area contributed by atoms with Crippen molar-refractivity contribution in [3.63, 3.8) is 0 Å². The second-order valence-electron chi connectivity index (χ2n) is 4.23. The number of nitrogens with one attached hydrogen (secondary N) is 1. The number of fused-ring (bicyclic) bond motifs is 1. The highest BCUT2D eigenvalue weighted by molar-refractivity contribution is 7.99. The second-order valence-corrected chi connectivity index (χ2v) is 5.46. The minimum atomic E-state index is -0.0996. The number of hydrogen-bond acceptors (Lipinski definition) is 5. The molecule has 0 aliphatic carbocycles. The maximum Gasteiger partial charge on any atom is 0.310 e. The summed E-state index contributed by atoms with van der Waals surface area (Å²) in [5.74, 6) is 0.159. The SMILES string of the molecule is O=C(CSc1nnnn1-c1cccc2ccccc12)[NH][Al]. The maximum absolute atomic E-state index is 11.3. The summed E-state index contributed by atoms with van der Waals surface area (Å²) in [5.41, 5.74) is 0.895. The number of amides is 1. The number of nitrogens with zero attached hydrogens (tertiary/aromatic N) is 4. The van der Waals surface area contributed by atoms with Crippen molar-refractivity contribution in [2.24, 2.45) is 0 Å². The van der Waals surface area contributed by atoms with E-state index >= 15 is 0 Å². The topological polar surface area (TPSA) is 72.7 Å². The Morgan fingerprint density at radius 2 is 2.05 bits per heavy atom. The van der Waals surface area contributed by atoms with Gasteiger partial charge in [-0.15, -0.1) is 5.10 Å². The van der Waals surface area contributed by atoms with E-state index < -0.39 is 0 Å². The molecule has 1 N–H and O–H groups in total. The van der Waals surface area contributed by atoms with Crippen LogP contribution in [0.1, 0.15) is 0 Å². The van der Waals surface area contributed by atoms with Gasteiger partial charge in [-0.1, -0.05) is 48.2 Å². The number of rotatable bonds is 4. The molecule has 0 spiro atoms. The average molecular weight is 311 g/mol. The molecular formula is C13H10AlN5OS. The van der Waals surface area contributed by atoms with E-state index in [1.807, 2.05) is 42.5 Å². The number of tetrazole rings is 1. The fraction of sp³-hybridized carbons (Fsp3) is 0.0769. The molecule has 1 heterocycles. The van der Waals surface area contributed by atoms with Gasteiger partial charge in [0.25, 0.3) is 0 Å². The Hall–Kier alpha value is -1.88. The molecule has 0 aliphatic heterocycles. The first-order valence-electron chi connectivity index (χ1n) is 6.18. The Bertz CT molecular complexity index is 786. The zero-order chi connectivity index (χ0) is 14.7. The fourth-order valence-corrected chi connectivity index (χ4v) is 2.93. The molecule has 0 saturated heterocycles. The molecule has 2 aromatic carbocycles. The van der Waals surface area contributed by atoms with Crippen LogP contribution in [0.5, 0.6) is 0 Å². The van der Waals surface area contributed by atoms with Crippen molar-refractivity contribution in [3.05, 3.63) is 42.5 Å². The third-order valence-electron chi connectivity index (χ3n) is 2.93. The van der Waals surface area contributed by atoms with Crippen molar-refractivity contribution in [2.75, 3.05) is 5.75 Å². The lowest BCUT2D eigenvalue weighted by Gasteiger charge is -2.07. The molecule has 3 aromatic rings. The van der Waals surface area contributed by atoms with E-state index in [4.69, 9.17) is 0 Å². The predicted molar refractivity (Wildman–Crippen MR) is 81.3 cm³/mol. The fourth-order valence-electron chi connectivity index (χ4n) is 1.98. The van der Waals surface area contributed by atoms with E-state index in [2.05, 4.69) is 36.3 Å². The summed E-state index contributed by atoms with van der Waals surface area (Å²) in [6.07, 6.45) is 0. The normalized spacial score (nSPS) is 10.7. The van der Waals surface area contributed by atoms with Crippen LogP contribution in [0.3, 0.4) is 0 Å². The van der Waals surface area contributed by atoms with Gasteiger partial charge in [-0.3, -0.25) is 4.79 Å². The molecule has 0 aliphatic rings. The zero-order valence-electron chi connectivity index (χ0n) is 10.9. The van der Waals surface area contributed by atoms with Gasteiger partial charge in [-0.05, 0) is 21.9 Å². The lowest BCUT2D eigenvalue weighted by Crippen LogP contribution is -2.21. The highest BCUT2D eigenvalue weighted by Crippen LogP contribution is 2.24. The van der Waals surface area contributed by atoms with Crippen LogP contribution in [0, 0.1) is 0 Å². The summed E-state index contributed by atoms with van der Waals surface area (Å²) in [6.45, 7) is 0. The third kappa shape index (κ3) is 2.93. The Morgan fingerprint density at radius 1 is 1.24 bits per heavy atom. The summed E-state index contributed by atoms with van der Waals surface area (Å²) in [4.78, 5) is 11.3. The molecule has 2 radical (unpaired) electrons. The number of hydrogen-bond donors (Lipinski definition) is 1. The molecule has 0 fully saturated rings. The zero-order valence-corrected chi connectivity index (χ0v) is 12.9. The first-order chi connectivity index (χ1) is 10.3. The van der Waals surface area contributed by atoms with Crippen LogP contribution in [-0.2, 0) is 4.79 Å². The van der Waals surface area contributed by atoms with Gasteiger partial charge >= 0.3 is 16.5 Å². The van der Waals surface area contributed by atoms with Gasteiger partial charge in [0.15, 0.2) is 0 Å². The minimum Gasteiger partial charge on any atom is -0.463 e. The third-order valence-corrected chi connectivity index (χ3v) is 4.17. The smallest absolute Gasteiger partial charge is 0.310 e. The minimum absolute atomic E-state index is 0.0996. The highest BCUT2D eigenvalue weighted by Gasteiger charge is 2.12. The second kappa shape index (κ2) is 6.26. The lowest BCUT2D eigenvalue weighted by atomic mass is 10.1. The predicted octanol–water partition coefficient (Wildman–Crippen LogP) is 1.11. The molecule has 8 heteroatoms. The number of carbonyl (C=O) groups excluding carboxylic acids is 1. The van der Waals surface area contributed by atoms with Crippen LogP contribution >= 0.6 is 11.8 Å². The van der Waals surface area contributed by atoms with Gasteiger partial charge in [0.2, 0.25) is 11.1 Å². The standard InChI is InChI=1S/C13H11N5OS.Al/c14-12(19)8-20-13-15-16-17-18(13)11-7-3-5-9-4-1-2-6-10(9)11;/h1-7H,8H2,(H2,14,19);/q;+1/p-1. The molecule has 3 rings (SSSR count). The van der Waals surface area contributed by atoms with Crippen LogP contribution in [-0.4, -0.2) is 48.4 Å². The van der Waals surface area contributed by atoms with Crippen molar-refractivity contribution >= 4 is 45.0 Å². The van der Waals surface area contributed by atoms with Crippen LogP contribution in [0.15, 0.2) is 47.6 Å². The quantitative estimate of drug-likeness (QED) is 0.577. The first-order valence-corrected chi connectivity index (χ1v) is 7.74. The van der Waals surface area contributed by atoms with Crippen LogP contribution in [0.25, 0.3) is 16.5 Å². The molecule has 21 heavy (non-hydrogen) atoms. The van der Waals surface area contributed by atoms with Crippen molar-refractivity contribution in [1.82, 2.24) is 24.5 Å². The average Bonchev–Trinajstić information content (AvgIpc) is 3.00. The lowest BCUT2D eigenvalue weighted by molar-refractivity contribution is -0.116. The highest BCUT2D eigenvalue weighted by atomic mass is 32.2. The van der Waals surface area contributed by atoms with Crippen LogP contribution in [0.2, 0.25) is 0 Å². The number of aromatic nitrogens is 4. The summed E-state index contributed by atoms with van der Waals surface area (Å²) in [7, 11) is 0.